The molecule has 102 valence electrons. The Morgan fingerprint density at radius 1 is 1.20 bits per heavy atom. The molecule has 2 heterocycles. The van der Waals surface area contributed by atoms with Crippen molar-refractivity contribution >= 4 is 22.5 Å². The normalized spacial score (nSPS) is 11.1. The molecule has 0 fully saturated rings. The first-order valence-electron chi connectivity index (χ1n) is 6.62. The number of aryl methyl sites for hydroxylation is 2. The molecule has 0 atom stereocenters. The van der Waals surface area contributed by atoms with Crippen LogP contribution in [-0.4, -0.2) is 25.9 Å². The van der Waals surface area contributed by atoms with E-state index in [1.165, 1.54) is 0 Å². The Bertz CT molecular complexity index is 736. The fraction of sp³-hybridized carbons (Fsp3) is 0.267. The van der Waals surface area contributed by atoms with Crippen LogP contribution in [0.2, 0.25) is 0 Å². The maximum absolute atomic E-state index is 5.71. The number of para-hydroxylation sites is 1. The van der Waals surface area contributed by atoms with Crippen molar-refractivity contribution in [1.82, 2.24) is 20.0 Å². The lowest BCUT2D eigenvalue weighted by atomic mass is 10.2. The molecule has 5 heteroatoms. The fourth-order valence-electron chi connectivity index (χ4n) is 2.19. The van der Waals surface area contributed by atoms with E-state index >= 15 is 0 Å². The molecular formula is C15H15ClN4. The molecule has 0 aliphatic carbocycles. The second-order valence-corrected chi connectivity index (χ2v) is 5.13. The van der Waals surface area contributed by atoms with E-state index in [0.717, 1.165) is 40.8 Å². The highest BCUT2D eigenvalue weighted by molar-refractivity contribution is 6.17. The quantitative estimate of drug-likeness (QED) is 0.691. The summed E-state index contributed by atoms with van der Waals surface area (Å²) in [6, 6.07) is 10.2. The Labute approximate surface area is 122 Å². The molecule has 0 saturated heterocycles. The third-order valence-electron chi connectivity index (χ3n) is 3.19. The van der Waals surface area contributed by atoms with E-state index in [9.17, 15) is 0 Å². The molecule has 0 saturated carbocycles. The standard InChI is InChI=1S/C15H15ClN4/c1-11-7-8-12-4-2-6-14(15(12)17-11)20-10-13(18-19-20)5-3-9-16/h2,4,6-8,10H,3,5,9H2,1H3. The van der Waals surface area contributed by atoms with Gasteiger partial charge in [-0.2, -0.15) is 0 Å². The summed E-state index contributed by atoms with van der Waals surface area (Å²) in [5, 5.41) is 9.49. The summed E-state index contributed by atoms with van der Waals surface area (Å²) in [6.07, 6.45) is 3.71. The first-order chi connectivity index (χ1) is 9.78. The lowest BCUT2D eigenvalue weighted by Crippen LogP contribution is -1.98. The van der Waals surface area contributed by atoms with Crippen molar-refractivity contribution in [1.29, 1.82) is 0 Å². The van der Waals surface area contributed by atoms with Gasteiger partial charge in [-0.3, -0.25) is 4.98 Å². The van der Waals surface area contributed by atoms with Gasteiger partial charge in [-0.25, -0.2) is 4.68 Å². The van der Waals surface area contributed by atoms with E-state index < -0.39 is 0 Å². The number of benzene rings is 1. The molecular weight excluding hydrogens is 272 g/mol. The van der Waals surface area contributed by atoms with E-state index in [1.54, 1.807) is 4.68 Å². The van der Waals surface area contributed by atoms with Crippen molar-refractivity contribution in [3.63, 3.8) is 0 Å². The fourth-order valence-corrected chi connectivity index (χ4v) is 2.33. The van der Waals surface area contributed by atoms with Crippen molar-refractivity contribution in [3.05, 3.63) is 47.9 Å². The summed E-state index contributed by atoms with van der Waals surface area (Å²) in [5.41, 5.74) is 3.85. The van der Waals surface area contributed by atoms with Gasteiger partial charge in [0.2, 0.25) is 0 Å². The Morgan fingerprint density at radius 3 is 2.95 bits per heavy atom. The Morgan fingerprint density at radius 2 is 2.10 bits per heavy atom. The largest absolute Gasteiger partial charge is 0.251 e. The molecule has 3 rings (SSSR count). The number of hydrogen-bond donors (Lipinski definition) is 0. The Kier molecular flexibility index (Phi) is 3.65. The summed E-state index contributed by atoms with van der Waals surface area (Å²) < 4.78 is 1.79. The molecule has 2 aromatic heterocycles. The third-order valence-corrected chi connectivity index (χ3v) is 3.46. The molecule has 0 radical (unpaired) electrons. The van der Waals surface area contributed by atoms with Gasteiger partial charge in [0.15, 0.2) is 0 Å². The van der Waals surface area contributed by atoms with Crippen LogP contribution in [0.15, 0.2) is 36.5 Å². The van der Waals surface area contributed by atoms with Crippen LogP contribution >= 0.6 is 11.6 Å². The molecule has 4 nitrogen and oxygen atoms in total. The first kappa shape index (κ1) is 13.1. The maximum atomic E-state index is 5.71. The predicted octanol–water partition coefficient (Wildman–Crippen LogP) is 3.30. The van der Waals surface area contributed by atoms with Gasteiger partial charge in [0.25, 0.3) is 0 Å². The zero-order chi connectivity index (χ0) is 13.9. The number of hydrogen-bond acceptors (Lipinski definition) is 3. The van der Waals surface area contributed by atoms with E-state index in [1.807, 2.05) is 31.3 Å². The summed E-state index contributed by atoms with van der Waals surface area (Å²) in [6.45, 7) is 1.99. The van der Waals surface area contributed by atoms with E-state index in [2.05, 4.69) is 27.4 Å². The summed E-state index contributed by atoms with van der Waals surface area (Å²) in [4.78, 5) is 4.61. The van der Waals surface area contributed by atoms with Gasteiger partial charge in [-0.15, -0.1) is 16.7 Å². The molecule has 0 N–H and O–H groups in total. The molecule has 0 aliphatic heterocycles. The molecule has 3 aromatic rings. The van der Waals surface area contributed by atoms with Crippen molar-refractivity contribution < 1.29 is 0 Å². The molecule has 20 heavy (non-hydrogen) atoms. The van der Waals surface area contributed by atoms with Crippen molar-refractivity contribution in [2.75, 3.05) is 5.88 Å². The Balaban J connectivity index is 2.05. The van der Waals surface area contributed by atoms with Crippen LogP contribution < -0.4 is 0 Å². The number of rotatable bonds is 4. The predicted molar refractivity (Wildman–Crippen MR) is 80.4 cm³/mol. The molecule has 0 spiro atoms. The minimum atomic E-state index is 0.641. The van der Waals surface area contributed by atoms with Crippen LogP contribution in [0.25, 0.3) is 16.6 Å². The van der Waals surface area contributed by atoms with Crippen LogP contribution in [0.1, 0.15) is 17.8 Å². The number of halogens is 1. The molecule has 0 bridgehead atoms. The second kappa shape index (κ2) is 5.59. The first-order valence-corrected chi connectivity index (χ1v) is 7.15. The van der Waals surface area contributed by atoms with E-state index in [4.69, 9.17) is 11.6 Å². The summed E-state index contributed by atoms with van der Waals surface area (Å²) >= 11 is 5.71. The SMILES string of the molecule is Cc1ccc2cccc(-n3cc(CCCCl)nn3)c2n1. The Hall–Kier alpha value is -1.94. The molecule has 1 aromatic carbocycles. The lowest BCUT2D eigenvalue weighted by Gasteiger charge is -2.05. The average molecular weight is 287 g/mol. The second-order valence-electron chi connectivity index (χ2n) is 4.75. The minimum absolute atomic E-state index is 0.641. The topological polar surface area (TPSA) is 43.6 Å². The van der Waals surface area contributed by atoms with Gasteiger partial charge in [0.05, 0.1) is 23.1 Å². The van der Waals surface area contributed by atoms with Gasteiger partial charge in [0.1, 0.15) is 0 Å². The highest BCUT2D eigenvalue weighted by atomic mass is 35.5. The van der Waals surface area contributed by atoms with Gasteiger partial charge >= 0.3 is 0 Å². The van der Waals surface area contributed by atoms with Crippen molar-refractivity contribution in [3.8, 4) is 5.69 Å². The number of pyridine rings is 1. The highest BCUT2D eigenvalue weighted by Gasteiger charge is 2.07. The van der Waals surface area contributed by atoms with Crippen LogP contribution in [0.4, 0.5) is 0 Å². The number of alkyl halides is 1. The van der Waals surface area contributed by atoms with Crippen LogP contribution in [-0.2, 0) is 6.42 Å². The number of nitrogens with zero attached hydrogens (tertiary/aromatic N) is 4. The third kappa shape index (κ3) is 2.51. The van der Waals surface area contributed by atoms with Crippen molar-refractivity contribution in [2.24, 2.45) is 0 Å². The summed E-state index contributed by atoms with van der Waals surface area (Å²) in [7, 11) is 0. The monoisotopic (exact) mass is 286 g/mol. The van der Waals surface area contributed by atoms with Crippen LogP contribution in [0, 0.1) is 6.92 Å². The smallest absolute Gasteiger partial charge is 0.0962 e. The molecule has 0 amide bonds. The van der Waals surface area contributed by atoms with Gasteiger partial charge in [-0.1, -0.05) is 23.4 Å². The zero-order valence-corrected chi connectivity index (χ0v) is 12.0. The lowest BCUT2D eigenvalue weighted by molar-refractivity contribution is 0.794. The summed E-state index contributed by atoms with van der Waals surface area (Å²) in [5.74, 6) is 0.641. The van der Waals surface area contributed by atoms with Crippen LogP contribution in [0.5, 0.6) is 0 Å². The van der Waals surface area contributed by atoms with Gasteiger partial charge < -0.3 is 0 Å². The number of fused-ring (bicyclic) bond motifs is 1. The van der Waals surface area contributed by atoms with Gasteiger partial charge in [-0.05, 0) is 31.9 Å². The van der Waals surface area contributed by atoms with Gasteiger partial charge in [0, 0.05) is 17.0 Å². The van der Waals surface area contributed by atoms with Crippen LogP contribution in [0.3, 0.4) is 0 Å². The maximum Gasteiger partial charge on any atom is 0.0962 e. The molecule has 0 aliphatic rings. The average Bonchev–Trinajstić information content (AvgIpc) is 2.93. The zero-order valence-electron chi connectivity index (χ0n) is 11.3. The number of aromatic nitrogens is 4. The highest BCUT2D eigenvalue weighted by Crippen LogP contribution is 2.20. The minimum Gasteiger partial charge on any atom is -0.251 e. The van der Waals surface area contributed by atoms with E-state index in [-0.39, 0.29) is 0 Å². The molecule has 0 unspecified atom stereocenters. The van der Waals surface area contributed by atoms with Crippen molar-refractivity contribution in [2.45, 2.75) is 19.8 Å². The van der Waals surface area contributed by atoms with E-state index in [0.29, 0.717) is 5.88 Å².